The zero-order valence-electron chi connectivity index (χ0n) is 3.83. The molecule has 3 heteroatoms. The molecule has 0 saturated heterocycles. The van der Waals surface area contributed by atoms with Gasteiger partial charge in [0.1, 0.15) is 0 Å². The maximum Gasteiger partial charge on any atom is 0.0418 e. The van der Waals surface area contributed by atoms with Gasteiger partial charge in [-0.15, -0.1) is 11.6 Å². The van der Waals surface area contributed by atoms with E-state index in [1.807, 2.05) is 0 Å². The Labute approximate surface area is 60.9 Å². The Balaban J connectivity index is 0. The zero-order valence-corrected chi connectivity index (χ0v) is 6.97. The first kappa shape index (κ1) is 10.4. The molecule has 43 valence electrons. The van der Waals surface area contributed by atoms with Gasteiger partial charge in [0, 0.05) is 28.0 Å². The van der Waals surface area contributed by atoms with E-state index in [2.05, 4.69) is 13.3 Å². The Morgan fingerprint density at radius 2 is 1.67 bits per heavy atom. The minimum Gasteiger partial charge on any atom is -0.122 e. The average Bonchev–Trinajstić information content (AvgIpc) is 1.38. The quantitative estimate of drug-likeness (QED) is 0.358. The summed E-state index contributed by atoms with van der Waals surface area (Å²) < 4.78 is 0. The van der Waals surface area contributed by atoms with E-state index in [9.17, 15) is 0 Å². The van der Waals surface area contributed by atoms with Crippen LogP contribution in [0.2, 0.25) is 0 Å². The Morgan fingerprint density at radius 3 is 1.67 bits per heavy atom. The van der Waals surface area contributed by atoms with Crippen molar-refractivity contribution >= 4 is 19.5 Å². The molecule has 0 spiro atoms. The minimum atomic E-state index is 0. The molecule has 0 heterocycles. The fourth-order valence-electron chi connectivity index (χ4n) is 0. The summed E-state index contributed by atoms with van der Waals surface area (Å²) in [5.41, 5.74) is 0.843. The van der Waals surface area contributed by atoms with Crippen molar-refractivity contribution in [1.82, 2.24) is 0 Å². The maximum absolute atomic E-state index is 5.37. The van der Waals surface area contributed by atoms with E-state index >= 15 is 0 Å². The first-order chi connectivity index (χ1) is 2.27. The molecule has 0 amide bonds. The summed E-state index contributed by atoms with van der Waals surface area (Å²) in [6.07, 6.45) is 0. The van der Waals surface area contributed by atoms with Crippen LogP contribution in [0.3, 0.4) is 0 Å². The van der Waals surface area contributed by atoms with Crippen LogP contribution in [0.25, 0.3) is 0 Å². The van der Waals surface area contributed by atoms with Crippen molar-refractivity contribution in [2.45, 2.75) is 0 Å². The smallest absolute Gasteiger partial charge is 0.0418 e. The van der Waals surface area contributed by atoms with Crippen LogP contribution < -0.4 is 0 Å². The first-order valence-corrected chi connectivity index (χ1v) is 4.43. The molecule has 0 unspecified atom stereocenters. The first-order valence-electron chi connectivity index (χ1n) is 1.48. The molecule has 0 aromatic rings. The molecule has 0 saturated carbocycles. The van der Waals surface area contributed by atoms with E-state index in [-0.39, 0.29) is 30.3 Å². The summed E-state index contributed by atoms with van der Waals surface area (Å²) in [5.74, 6) is 0. The molecule has 0 bridgehead atoms. The van der Waals surface area contributed by atoms with Crippen molar-refractivity contribution in [3.63, 3.8) is 0 Å². The number of rotatable bonds is 1. The third-order valence-electron chi connectivity index (χ3n) is 0.239. The normalized spacial score (nSPS) is 8.00. The van der Waals surface area contributed by atoms with Crippen molar-refractivity contribution in [1.29, 1.82) is 0 Å². The van der Waals surface area contributed by atoms with Gasteiger partial charge in [-0.3, -0.25) is 0 Å². The zero-order chi connectivity index (χ0) is 4.28. The fraction of sp³-hybridized carbons (Fsp3) is 1.00. The predicted octanol–water partition coefficient (Wildman–Crippen LogP) is 1.92. The molecule has 0 aromatic heterocycles. The Bertz CT molecular complexity index is 24.8. The number of alkyl halides is 1. The second kappa shape index (κ2) is 6.46. The van der Waals surface area contributed by atoms with Crippen LogP contribution in [0.15, 0.2) is 0 Å². The van der Waals surface area contributed by atoms with Crippen LogP contribution in [0.5, 0.6) is 0 Å². The standard InChI is InChI=1S/C3H8ClP.Ag/c1-5(2)3-4;/h3H2,1-2H3;. The van der Waals surface area contributed by atoms with E-state index < -0.39 is 0 Å². The van der Waals surface area contributed by atoms with Gasteiger partial charge >= 0.3 is 0 Å². The van der Waals surface area contributed by atoms with Gasteiger partial charge < -0.3 is 0 Å². The van der Waals surface area contributed by atoms with Gasteiger partial charge in [0.2, 0.25) is 0 Å². The number of halogens is 1. The number of hydrogen-bond acceptors (Lipinski definition) is 0. The van der Waals surface area contributed by atoms with Gasteiger partial charge in [-0.2, -0.15) is 0 Å². The molecule has 0 aliphatic carbocycles. The minimum absolute atomic E-state index is 0. The Morgan fingerprint density at radius 1 is 1.50 bits per heavy atom. The molecule has 0 N–H and O–H groups in total. The molecule has 0 rings (SSSR count). The van der Waals surface area contributed by atoms with E-state index in [0.29, 0.717) is 0 Å². The largest absolute Gasteiger partial charge is 0.122 e. The summed E-state index contributed by atoms with van der Waals surface area (Å²) in [4.78, 5) is 0. The summed E-state index contributed by atoms with van der Waals surface area (Å²) in [7, 11) is 0.167. The molecular weight excluding hydrogens is 210 g/mol. The van der Waals surface area contributed by atoms with Gasteiger partial charge in [-0.25, -0.2) is 0 Å². The van der Waals surface area contributed by atoms with Gasteiger partial charge in [-0.1, -0.05) is 7.92 Å². The second-order valence-electron chi connectivity index (χ2n) is 1.20. The van der Waals surface area contributed by atoms with Crippen LogP contribution in [0, 0.1) is 0 Å². The van der Waals surface area contributed by atoms with Crippen molar-refractivity contribution < 1.29 is 22.4 Å². The molecule has 0 aliphatic heterocycles. The predicted molar refractivity (Wildman–Crippen MR) is 29.5 cm³/mol. The molecular formula is C3H8AgClP. The SMILES string of the molecule is CP(C)CCl.[Ag]. The summed E-state index contributed by atoms with van der Waals surface area (Å²) in [6.45, 7) is 4.31. The van der Waals surface area contributed by atoms with Crippen molar-refractivity contribution in [2.75, 3.05) is 19.0 Å². The molecule has 0 fully saturated rings. The third kappa shape index (κ3) is 9.07. The van der Waals surface area contributed by atoms with Crippen LogP contribution in [0.4, 0.5) is 0 Å². The van der Waals surface area contributed by atoms with Crippen molar-refractivity contribution in [2.24, 2.45) is 0 Å². The van der Waals surface area contributed by atoms with E-state index in [1.165, 1.54) is 0 Å². The van der Waals surface area contributed by atoms with Crippen LogP contribution in [-0.2, 0) is 22.4 Å². The number of hydrogen-bond donors (Lipinski definition) is 0. The third-order valence-corrected chi connectivity index (χ3v) is 2.15. The van der Waals surface area contributed by atoms with Gasteiger partial charge in [0.25, 0.3) is 0 Å². The Hall–Kier alpha value is 1.46. The fourth-order valence-corrected chi connectivity index (χ4v) is 0. The Kier molecular flexibility index (Phi) is 11.2. The topological polar surface area (TPSA) is 0 Å². The maximum atomic E-state index is 5.37. The van der Waals surface area contributed by atoms with Crippen molar-refractivity contribution in [3.8, 4) is 0 Å². The van der Waals surface area contributed by atoms with E-state index in [4.69, 9.17) is 11.6 Å². The monoisotopic (exact) mass is 217 g/mol. The van der Waals surface area contributed by atoms with Crippen LogP contribution in [-0.4, -0.2) is 19.0 Å². The van der Waals surface area contributed by atoms with Crippen LogP contribution in [0.1, 0.15) is 0 Å². The second-order valence-corrected chi connectivity index (χ2v) is 4.31. The van der Waals surface area contributed by atoms with Gasteiger partial charge in [0.05, 0.1) is 0 Å². The summed E-state index contributed by atoms with van der Waals surface area (Å²) in [6, 6.07) is 0. The average molecular weight is 218 g/mol. The summed E-state index contributed by atoms with van der Waals surface area (Å²) >= 11 is 5.37. The van der Waals surface area contributed by atoms with E-state index in [1.54, 1.807) is 0 Å². The molecule has 1 radical (unpaired) electrons. The molecule has 0 nitrogen and oxygen atoms in total. The van der Waals surface area contributed by atoms with Crippen LogP contribution >= 0.6 is 19.5 Å². The summed E-state index contributed by atoms with van der Waals surface area (Å²) in [5, 5.41) is 0. The van der Waals surface area contributed by atoms with Crippen molar-refractivity contribution in [3.05, 3.63) is 0 Å². The van der Waals surface area contributed by atoms with Gasteiger partial charge in [-0.05, 0) is 13.3 Å². The molecule has 0 aliphatic rings. The van der Waals surface area contributed by atoms with Gasteiger partial charge in [0.15, 0.2) is 0 Å². The molecule has 0 aromatic carbocycles. The molecule has 0 atom stereocenters. The molecule has 6 heavy (non-hydrogen) atoms. The van der Waals surface area contributed by atoms with E-state index in [0.717, 1.165) is 5.62 Å².